The summed E-state index contributed by atoms with van der Waals surface area (Å²) in [6.45, 7) is 3.49. The zero-order chi connectivity index (χ0) is 12.3. The minimum absolute atomic E-state index is 0.155. The van der Waals surface area contributed by atoms with Crippen LogP contribution in [0.3, 0.4) is 0 Å². The zero-order valence-electron chi connectivity index (χ0n) is 10.2. The number of anilines is 1. The van der Waals surface area contributed by atoms with Crippen molar-refractivity contribution in [2.24, 2.45) is 5.73 Å². The van der Waals surface area contributed by atoms with Crippen molar-refractivity contribution < 1.29 is 4.79 Å². The van der Waals surface area contributed by atoms with E-state index in [0.29, 0.717) is 13.0 Å². The van der Waals surface area contributed by atoms with Crippen molar-refractivity contribution in [3.8, 4) is 0 Å². The molecule has 4 heteroatoms. The number of para-hydroxylation sites is 1. The highest BCUT2D eigenvalue weighted by Gasteiger charge is 2.29. The van der Waals surface area contributed by atoms with E-state index in [0.717, 1.165) is 18.7 Å². The Balaban J connectivity index is 2.28. The number of hydrogen-bond acceptors (Lipinski definition) is 3. The van der Waals surface area contributed by atoms with E-state index in [1.165, 1.54) is 0 Å². The number of hydrogen-bond donors (Lipinski definition) is 1. The maximum atomic E-state index is 12.1. The summed E-state index contributed by atoms with van der Waals surface area (Å²) < 4.78 is 0. The predicted molar refractivity (Wildman–Crippen MR) is 68.4 cm³/mol. The van der Waals surface area contributed by atoms with Crippen LogP contribution >= 0.6 is 0 Å². The van der Waals surface area contributed by atoms with E-state index in [1.807, 2.05) is 30.3 Å². The predicted octanol–water partition coefficient (Wildman–Crippen LogP) is 1.38. The first kappa shape index (κ1) is 12.1. The molecule has 0 radical (unpaired) electrons. The average Bonchev–Trinajstić information content (AvgIpc) is 2.38. The number of amides is 1. The van der Waals surface area contributed by atoms with Crippen LogP contribution in [0.4, 0.5) is 5.69 Å². The molecule has 1 saturated heterocycles. The molecule has 1 fully saturated rings. The first-order valence-electron chi connectivity index (χ1n) is 6.08. The normalized spacial score (nSPS) is 19.4. The highest BCUT2D eigenvalue weighted by Crippen LogP contribution is 2.23. The van der Waals surface area contributed by atoms with Gasteiger partial charge < -0.3 is 5.73 Å². The zero-order valence-corrected chi connectivity index (χ0v) is 10.2. The number of nitrogens with zero attached hydrogens (tertiary/aromatic N) is 2. The molecule has 0 aliphatic carbocycles. The Morgan fingerprint density at radius 1 is 1.35 bits per heavy atom. The SMILES string of the molecule is CC(CN)N1CCCC(=O)N1c1ccccc1. The molecule has 0 saturated carbocycles. The summed E-state index contributed by atoms with van der Waals surface area (Å²) >= 11 is 0. The van der Waals surface area contributed by atoms with Gasteiger partial charge in [-0.15, -0.1) is 0 Å². The lowest BCUT2D eigenvalue weighted by Crippen LogP contribution is -2.56. The molecule has 92 valence electrons. The molecule has 1 heterocycles. The fourth-order valence-corrected chi connectivity index (χ4v) is 2.14. The molecular formula is C13H19N3O. The van der Waals surface area contributed by atoms with Gasteiger partial charge in [-0.25, -0.2) is 10.0 Å². The molecule has 0 aromatic heterocycles. The Bertz CT molecular complexity index is 380. The molecule has 1 unspecified atom stereocenters. The van der Waals surface area contributed by atoms with Gasteiger partial charge in [0.05, 0.1) is 5.69 Å². The first-order chi connectivity index (χ1) is 8.24. The highest BCUT2D eigenvalue weighted by molar-refractivity contribution is 5.93. The van der Waals surface area contributed by atoms with Crippen LogP contribution in [-0.4, -0.2) is 30.0 Å². The summed E-state index contributed by atoms with van der Waals surface area (Å²) in [6.07, 6.45) is 1.52. The first-order valence-corrected chi connectivity index (χ1v) is 6.08. The van der Waals surface area contributed by atoms with Crippen molar-refractivity contribution in [3.05, 3.63) is 30.3 Å². The second-order valence-corrected chi connectivity index (χ2v) is 4.39. The lowest BCUT2D eigenvalue weighted by Gasteiger charge is -2.41. The molecule has 1 aliphatic heterocycles. The highest BCUT2D eigenvalue weighted by atomic mass is 16.2. The van der Waals surface area contributed by atoms with Crippen LogP contribution in [0.5, 0.6) is 0 Å². The third kappa shape index (κ3) is 2.48. The second kappa shape index (κ2) is 5.29. The van der Waals surface area contributed by atoms with Crippen LogP contribution in [0.15, 0.2) is 30.3 Å². The van der Waals surface area contributed by atoms with E-state index in [1.54, 1.807) is 5.01 Å². The summed E-state index contributed by atoms with van der Waals surface area (Å²) in [4.78, 5) is 12.1. The number of carbonyl (C=O) groups is 1. The van der Waals surface area contributed by atoms with E-state index < -0.39 is 0 Å². The Hall–Kier alpha value is -1.39. The number of rotatable bonds is 3. The van der Waals surface area contributed by atoms with E-state index in [-0.39, 0.29) is 11.9 Å². The third-order valence-electron chi connectivity index (χ3n) is 3.12. The smallest absolute Gasteiger partial charge is 0.241 e. The van der Waals surface area contributed by atoms with Gasteiger partial charge in [-0.3, -0.25) is 4.79 Å². The molecular weight excluding hydrogens is 214 g/mol. The fraction of sp³-hybridized carbons (Fsp3) is 0.462. The van der Waals surface area contributed by atoms with Crippen molar-refractivity contribution in [2.45, 2.75) is 25.8 Å². The maximum Gasteiger partial charge on any atom is 0.241 e. The summed E-state index contributed by atoms with van der Waals surface area (Å²) in [7, 11) is 0. The van der Waals surface area contributed by atoms with Crippen LogP contribution in [-0.2, 0) is 4.79 Å². The van der Waals surface area contributed by atoms with Crippen LogP contribution in [0.2, 0.25) is 0 Å². The van der Waals surface area contributed by atoms with Crippen molar-refractivity contribution in [3.63, 3.8) is 0 Å². The number of carbonyl (C=O) groups excluding carboxylic acids is 1. The van der Waals surface area contributed by atoms with Gasteiger partial charge in [0.25, 0.3) is 0 Å². The average molecular weight is 233 g/mol. The lowest BCUT2D eigenvalue weighted by atomic mass is 10.2. The van der Waals surface area contributed by atoms with Gasteiger partial charge in [-0.2, -0.15) is 0 Å². The largest absolute Gasteiger partial charge is 0.329 e. The molecule has 1 aromatic rings. The van der Waals surface area contributed by atoms with Gasteiger partial charge >= 0.3 is 0 Å². The van der Waals surface area contributed by atoms with Crippen LogP contribution in [0, 0.1) is 0 Å². The number of benzene rings is 1. The minimum atomic E-state index is 0.155. The molecule has 1 atom stereocenters. The topological polar surface area (TPSA) is 49.6 Å². The summed E-state index contributed by atoms with van der Waals surface area (Å²) in [5.41, 5.74) is 6.64. The fourth-order valence-electron chi connectivity index (χ4n) is 2.14. The van der Waals surface area contributed by atoms with E-state index >= 15 is 0 Å². The summed E-state index contributed by atoms with van der Waals surface area (Å²) in [5, 5.41) is 3.85. The molecule has 17 heavy (non-hydrogen) atoms. The molecule has 2 rings (SSSR count). The van der Waals surface area contributed by atoms with Crippen molar-refractivity contribution in [2.75, 3.05) is 18.1 Å². The van der Waals surface area contributed by atoms with Crippen LogP contribution in [0.25, 0.3) is 0 Å². The Labute approximate surface area is 102 Å². The van der Waals surface area contributed by atoms with Gasteiger partial charge in [0.2, 0.25) is 5.91 Å². The van der Waals surface area contributed by atoms with Gasteiger partial charge in [0.15, 0.2) is 0 Å². The maximum absolute atomic E-state index is 12.1. The van der Waals surface area contributed by atoms with Gasteiger partial charge in [-0.1, -0.05) is 18.2 Å². The monoisotopic (exact) mass is 233 g/mol. The summed E-state index contributed by atoms with van der Waals surface area (Å²) in [5.74, 6) is 0.155. The molecule has 0 spiro atoms. The van der Waals surface area contributed by atoms with E-state index in [2.05, 4.69) is 11.9 Å². The third-order valence-corrected chi connectivity index (χ3v) is 3.12. The lowest BCUT2D eigenvalue weighted by molar-refractivity contribution is -0.124. The Morgan fingerprint density at radius 2 is 2.06 bits per heavy atom. The molecule has 2 N–H and O–H groups in total. The molecule has 1 amide bonds. The molecule has 1 aliphatic rings. The quantitative estimate of drug-likeness (QED) is 0.858. The number of hydrazine groups is 1. The van der Waals surface area contributed by atoms with E-state index in [4.69, 9.17) is 5.73 Å². The van der Waals surface area contributed by atoms with Crippen LogP contribution in [0.1, 0.15) is 19.8 Å². The van der Waals surface area contributed by atoms with Crippen molar-refractivity contribution in [1.29, 1.82) is 0 Å². The van der Waals surface area contributed by atoms with Crippen LogP contribution < -0.4 is 10.7 Å². The Morgan fingerprint density at radius 3 is 2.71 bits per heavy atom. The number of nitrogens with two attached hydrogens (primary N) is 1. The standard InChI is InChI=1S/C13H19N3O/c1-11(10-14)15-9-5-8-13(17)16(15)12-6-3-2-4-7-12/h2-4,6-7,11H,5,8-10,14H2,1H3. The summed E-state index contributed by atoms with van der Waals surface area (Å²) in [6, 6.07) is 9.94. The Kier molecular flexibility index (Phi) is 3.76. The van der Waals surface area contributed by atoms with Crippen molar-refractivity contribution in [1.82, 2.24) is 5.01 Å². The van der Waals surface area contributed by atoms with E-state index in [9.17, 15) is 4.79 Å². The molecule has 4 nitrogen and oxygen atoms in total. The molecule has 1 aromatic carbocycles. The minimum Gasteiger partial charge on any atom is -0.329 e. The van der Waals surface area contributed by atoms with Crippen molar-refractivity contribution >= 4 is 11.6 Å². The second-order valence-electron chi connectivity index (χ2n) is 4.39. The van der Waals surface area contributed by atoms with Gasteiger partial charge in [0.1, 0.15) is 0 Å². The van der Waals surface area contributed by atoms with Gasteiger partial charge in [0, 0.05) is 25.6 Å². The van der Waals surface area contributed by atoms with Gasteiger partial charge in [-0.05, 0) is 25.5 Å². The molecule has 0 bridgehead atoms.